The van der Waals surface area contributed by atoms with Crippen molar-refractivity contribution in [3.8, 4) is 0 Å². The number of amides is 1. The smallest absolute Gasteiger partial charge is 0.248 e. The zero-order valence-electron chi connectivity index (χ0n) is 10.7. The fourth-order valence-corrected chi connectivity index (χ4v) is 2.06. The van der Waals surface area contributed by atoms with Crippen LogP contribution in [-0.2, 0) is 9.22 Å². The molecule has 1 N–H and O–H groups in total. The van der Waals surface area contributed by atoms with Crippen LogP contribution in [0.2, 0.25) is 19.6 Å². The average molecular weight is 229 g/mol. The Morgan fingerprint density at radius 3 is 2.07 bits per heavy atom. The van der Waals surface area contributed by atoms with E-state index < -0.39 is 8.32 Å². The van der Waals surface area contributed by atoms with Crippen LogP contribution in [0.15, 0.2) is 12.2 Å². The molecule has 0 saturated heterocycles. The number of nitrogens with one attached hydrogen (secondary N) is 1. The predicted molar refractivity (Wildman–Crippen MR) is 66.0 cm³/mol. The van der Waals surface area contributed by atoms with Gasteiger partial charge < -0.3 is 9.74 Å². The zero-order valence-corrected chi connectivity index (χ0v) is 11.7. The predicted octanol–water partition coefficient (Wildman–Crippen LogP) is 2.51. The quantitative estimate of drug-likeness (QED) is 0.447. The van der Waals surface area contributed by atoms with Crippen LogP contribution in [0.3, 0.4) is 0 Å². The van der Waals surface area contributed by atoms with Crippen molar-refractivity contribution in [2.24, 2.45) is 5.92 Å². The number of hydrogen-bond donors (Lipinski definition) is 1. The van der Waals surface area contributed by atoms with Crippen molar-refractivity contribution in [1.82, 2.24) is 5.32 Å². The summed E-state index contributed by atoms with van der Waals surface area (Å²) in [6.45, 7) is 15.7. The van der Waals surface area contributed by atoms with Gasteiger partial charge in [-0.15, -0.1) is 0 Å². The average Bonchev–Trinajstić information content (AvgIpc) is 1.99. The normalized spacial score (nSPS) is 13.8. The van der Waals surface area contributed by atoms with E-state index in [1.54, 1.807) is 6.92 Å². The van der Waals surface area contributed by atoms with E-state index in [0.29, 0.717) is 5.57 Å². The molecule has 0 aromatic heterocycles. The van der Waals surface area contributed by atoms with E-state index >= 15 is 0 Å². The summed E-state index contributed by atoms with van der Waals surface area (Å²) in [5.74, 6) is 0.131. The molecule has 1 amide bonds. The lowest BCUT2D eigenvalue weighted by atomic mass is 10.2. The van der Waals surface area contributed by atoms with Gasteiger partial charge in [0.15, 0.2) is 8.32 Å². The zero-order chi connectivity index (χ0) is 12.2. The van der Waals surface area contributed by atoms with Gasteiger partial charge in [-0.3, -0.25) is 4.79 Å². The summed E-state index contributed by atoms with van der Waals surface area (Å²) >= 11 is 0. The highest BCUT2D eigenvalue weighted by atomic mass is 28.4. The fraction of sp³-hybridized carbons (Fsp3) is 0.727. The van der Waals surface area contributed by atoms with Gasteiger partial charge in [-0.2, -0.15) is 0 Å². The molecule has 0 spiro atoms. The van der Waals surface area contributed by atoms with Crippen LogP contribution in [0.4, 0.5) is 0 Å². The Kier molecular flexibility index (Phi) is 5.24. The summed E-state index contributed by atoms with van der Waals surface area (Å²) in [6, 6.07) is 0. The van der Waals surface area contributed by atoms with Crippen molar-refractivity contribution in [2.75, 3.05) is 0 Å². The Hall–Kier alpha value is -0.613. The van der Waals surface area contributed by atoms with Crippen molar-refractivity contribution in [2.45, 2.75) is 46.6 Å². The van der Waals surface area contributed by atoms with E-state index in [0.717, 1.165) is 0 Å². The number of rotatable bonds is 5. The monoisotopic (exact) mass is 229 g/mol. The van der Waals surface area contributed by atoms with Gasteiger partial charge in [0.2, 0.25) is 5.91 Å². The molecule has 0 aliphatic heterocycles. The van der Waals surface area contributed by atoms with Gasteiger partial charge in [-0.1, -0.05) is 20.4 Å². The minimum absolute atomic E-state index is 0.132. The lowest BCUT2D eigenvalue weighted by molar-refractivity contribution is -0.120. The second-order valence-corrected chi connectivity index (χ2v) is 9.61. The Morgan fingerprint density at radius 1 is 1.33 bits per heavy atom. The summed E-state index contributed by atoms with van der Waals surface area (Å²) in [5, 5.41) is 2.85. The van der Waals surface area contributed by atoms with Crippen LogP contribution in [0.25, 0.3) is 0 Å². The number of hydrogen-bond acceptors (Lipinski definition) is 2. The molecule has 88 valence electrons. The molecule has 1 unspecified atom stereocenters. The first-order valence-corrected chi connectivity index (χ1v) is 8.68. The molecule has 0 aliphatic rings. The number of carbonyl (C=O) groups excluding carboxylic acids is 1. The maximum Gasteiger partial charge on any atom is 0.248 e. The van der Waals surface area contributed by atoms with E-state index in [4.69, 9.17) is 4.43 Å². The minimum Gasteiger partial charge on any atom is -0.398 e. The van der Waals surface area contributed by atoms with Crippen LogP contribution in [0, 0.1) is 5.92 Å². The molecular weight excluding hydrogens is 206 g/mol. The molecule has 0 aliphatic carbocycles. The van der Waals surface area contributed by atoms with Crippen LogP contribution in [0.5, 0.6) is 0 Å². The van der Waals surface area contributed by atoms with Crippen LogP contribution in [0.1, 0.15) is 20.8 Å². The standard InChI is InChI=1S/C11H23NO2Si/c1-8(2)10(13)12-11(9(3)4)14-15(5,6)7/h9,11H,1H2,2-7H3,(H,12,13). The first kappa shape index (κ1) is 14.4. The Labute approximate surface area is 94.0 Å². The van der Waals surface area contributed by atoms with Gasteiger partial charge in [0.1, 0.15) is 6.23 Å². The molecule has 0 aromatic carbocycles. The highest BCUT2D eigenvalue weighted by Crippen LogP contribution is 2.12. The molecule has 0 aromatic rings. The fourth-order valence-electron chi connectivity index (χ4n) is 0.966. The van der Waals surface area contributed by atoms with Crippen molar-refractivity contribution in [3.05, 3.63) is 12.2 Å². The van der Waals surface area contributed by atoms with Crippen molar-refractivity contribution in [1.29, 1.82) is 0 Å². The topological polar surface area (TPSA) is 38.3 Å². The first-order chi connectivity index (χ1) is 6.63. The van der Waals surface area contributed by atoms with Gasteiger partial charge in [-0.25, -0.2) is 0 Å². The Balaban J connectivity index is 4.42. The van der Waals surface area contributed by atoms with Gasteiger partial charge in [-0.05, 0) is 32.5 Å². The van der Waals surface area contributed by atoms with Crippen molar-refractivity contribution >= 4 is 14.2 Å². The van der Waals surface area contributed by atoms with Crippen LogP contribution < -0.4 is 5.32 Å². The molecule has 0 radical (unpaired) electrons. The second-order valence-electron chi connectivity index (χ2n) is 5.15. The molecule has 0 bridgehead atoms. The minimum atomic E-state index is -1.63. The van der Waals surface area contributed by atoms with E-state index in [9.17, 15) is 4.79 Å². The van der Waals surface area contributed by atoms with Crippen molar-refractivity contribution < 1.29 is 9.22 Å². The largest absolute Gasteiger partial charge is 0.398 e. The Morgan fingerprint density at radius 2 is 1.80 bits per heavy atom. The molecule has 15 heavy (non-hydrogen) atoms. The van der Waals surface area contributed by atoms with E-state index in [2.05, 4.69) is 31.5 Å². The number of carbonyl (C=O) groups is 1. The SMILES string of the molecule is C=C(C)C(=O)NC(O[Si](C)(C)C)C(C)C. The molecule has 0 fully saturated rings. The molecule has 1 atom stereocenters. The highest BCUT2D eigenvalue weighted by Gasteiger charge is 2.24. The van der Waals surface area contributed by atoms with E-state index in [-0.39, 0.29) is 18.1 Å². The lowest BCUT2D eigenvalue weighted by Gasteiger charge is -2.29. The van der Waals surface area contributed by atoms with Gasteiger partial charge >= 0.3 is 0 Å². The van der Waals surface area contributed by atoms with Crippen LogP contribution >= 0.6 is 0 Å². The third-order valence-electron chi connectivity index (χ3n) is 1.75. The highest BCUT2D eigenvalue weighted by molar-refractivity contribution is 6.69. The third-order valence-corrected chi connectivity index (χ3v) is 2.71. The van der Waals surface area contributed by atoms with Crippen molar-refractivity contribution in [3.63, 3.8) is 0 Å². The molecule has 4 heteroatoms. The molecular formula is C11H23NO2Si. The van der Waals surface area contributed by atoms with Crippen LogP contribution in [-0.4, -0.2) is 20.5 Å². The summed E-state index contributed by atoms with van der Waals surface area (Å²) in [5.41, 5.74) is 0.514. The Bertz CT molecular complexity index is 243. The maximum atomic E-state index is 11.5. The summed E-state index contributed by atoms with van der Waals surface area (Å²) in [4.78, 5) is 11.5. The molecule has 3 nitrogen and oxygen atoms in total. The maximum absolute atomic E-state index is 11.5. The van der Waals surface area contributed by atoms with Gasteiger partial charge in [0.05, 0.1) is 0 Å². The molecule has 0 heterocycles. The summed E-state index contributed by atoms with van der Waals surface area (Å²) in [7, 11) is -1.63. The van der Waals surface area contributed by atoms with E-state index in [1.165, 1.54) is 0 Å². The second kappa shape index (κ2) is 5.46. The third kappa shape index (κ3) is 6.46. The summed E-state index contributed by atoms with van der Waals surface area (Å²) in [6.07, 6.45) is -0.208. The lowest BCUT2D eigenvalue weighted by Crippen LogP contribution is -2.46. The molecule has 0 rings (SSSR count). The first-order valence-electron chi connectivity index (χ1n) is 5.27. The van der Waals surface area contributed by atoms with Gasteiger partial charge in [0, 0.05) is 5.57 Å². The summed E-state index contributed by atoms with van der Waals surface area (Å²) < 4.78 is 5.89. The van der Waals surface area contributed by atoms with Gasteiger partial charge in [0.25, 0.3) is 0 Å². The van der Waals surface area contributed by atoms with E-state index in [1.807, 2.05) is 13.8 Å². The molecule has 0 saturated carbocycles.